The van der Waals surface area contributed by atoms with Gasteiger partial charge in [0.05, 0.1) is 0 Å². The van der Waals surface area contributed by atoms with E-state index in [-0.39, 0.29) is 11.6 Å². The number of alkyl halides is 2. The third-order valence-corrected chi connectivity index (χ3v) is 5.72. The van der Waals surface area contributed by atoms with Crippen molar-refractivity contribution in [2.45, 2.75) is 13.3 Å². The van der Waals surface area contributed by atoms with Gasteiger partial charge >= 0.3 is 0 Å². The summed E-state index contributed by atoms with van der Waals surface area (Å²) in [5.41, 5.74) is 2.46. The number of anilines is 3. The minimum absolute atomic E-state index is 0.103. The lowest BCUT2D eigenvalue weighted by Gasteiger charge is -2.29. The number of rotatable bonds is 6. The fraction of sp³-hybridized carbons (Fsp3) is 0.250. The summed E-state index contributed by atoms with van der Waals surface area (Å²) in [7, 11) is 0. The predicted molar refractivity (Wildman–Crippen MR) is 125 cm³/mol. The normalized spacial score (nSPS) is 14.1. The number of fused-ring (bicyclic) bond motifs is 1. The highest BCUT2D eigenvalue weighted by molar-refractivity contribution is 5.82. The predicted octanol–water partition coefficient (Wildman–Crippen LogP) is 5.29. The minimum atomic E-state index is -2.94. The number of aromatic nitrogens is 3. The maximum Gasteiger partial charge on any atom is 0.272 e. The monoisotopic (exact) mass is 468 g/mol. The molecule has 7 nitrogen and oxygen atoms in total. The van der Waals surface area contributed by atoms with E-state index < -0.39 is 23.7 Å². The van der Waals surface area contributed by atoms with Crippen LogP contribution in [0.2, 0.25) is 0 Å². The average molecular weight is 468 g/mol. The van der Waals surface area contributed by atoms with Crippen molar-refractivity contribution >= 4 is 28.1 Å². The largest absolute Gasteiger partial charge is 0.435 e. The van der Waals surface area contributed by atoms with Gasteiger partial charge in [0.2, 0.25) is 5.88 Å². The van der Waals surface area contributed by atoms with Crippen molar-refractivity contribution in [2.24, 2.45) is 0 Å². The summed E-state index contributed by atoms with van der Waals surface area (Å²) >= 11 is 0. The molecule has 1 aliphatic heterocycles. The van der Waals surface area contributed by atoms with Crippen molar-refractivity contribution in [3.63, 3.8) is 0 Å². The number of nitrogens with zero attached hydrogens (tertiary/aromatic N) is 3. The summed E-state index contributed by atoms with van der Waals surface area (Å²) in [6.07, 6.45) is -1.84. The van der Waals surface area contributed by atoms with Gasteiger partial charge < -0.3 is 25.3 Å². The van der Waals surface area contributed by atoms with Gasteiger partial charge in [-0.05, 0) is 49.4 Å². The van der Waals surface area contributed by atoms with Gasteiger partial charge in [-0.25, -0.2) is 23.1 Å². The van der Waals surface area contributed by atoms with Gasteiger partial charge in [0.15, 0.2) is 11.6 Å². The fourth-order valence-corrected chi connectivity index (χ4v) is 4.04. The number of hydrogen-bond acceptors (Lipinski definition) is 6. The van der Waals surface area contributed by atoms with Gasteiger partial charge in [0.1, 0.15) is 17.7 Å². The van der Waals surface area contributed by atoms with E-state index >= 15 is 0 Å². The molecule has 1 fully saturated rings. The molecule has 176 valence electrons. The first-order valence-electron chi connectivity index (χ1n) is 10.9. The van der Waals surface area contributed by atoms with Crippen LogP contribution in [0.1, 0.15) is 17.7 Å². The number of hydrogen-bond donors (Lipinski definition) is 3. The number of aryl methyl sites for hydroxylation is 1. The Hall–Kier alpha value is -3.79. The molecule has 0 unspecified atom stereocenters. The summed E-state index contributed by atoms with van der Waals surface area (Å²) in [5, 5.41) is 6.53. The molecule has 34 heavy (non-hydrogen) atoms. The molecule has 1 saturated heterocycles. The number of halogens is 3. The highest BCUT2D eigenvalue weighted by Gasteiger charge is 2.24. The van der Waals surface area contributed by atoms with Crippen LogP contribution in [0.3, 0.4) is 0 Å². The Labute approximate surface area is 194 Å². The quantitative estimate of drug-likeness (QED) is 0.357. The summed E-state index contributed by atoms with van der Waals surface area (Å²) in [5.74, 6) is -1.36. The standard InChI is InChI=1S/C24H23F3N6O/c1-14-12-17-18(31-14)6-7-19(21(17)25)34-24-20(22(26)27)23(29-13-30-24)32-15-2-4-16(5-3-15)33-10-8-28-9-11-33/h2-7,12-13,22,28,31H,8-11H2,1H3,(H,29,30,32). The summed E-state index contributed by atoms with van der Waals surface area (Å²) in [6.45, 7) is 5.43. The van der Waals surface area contributed by atoms with Crippen LogP contribution in [0.5, 0.6) is 11.6 Å². The second-order valence-corrected chi connectivity index (χ2v) is 8.04. The Kier molecular flexibility index (Phi) is 5.97. The smallest absolute Gasteiger partial charge is 0.272 e. The molecule has 4 aromatic rings. The molecule has 0 spiro atoms. The second-order valence-electron chi connectivity index (χ2n) is 8.04. The molecule has 0 bridgehead atoms. The number of aromatic amines is 1. The minimum Gasteiger partial charge on any atom is -0.435 e. The fourth-order valence-electron chi connectivity index (χ4n) is 4.04. The lowest BCUT2D eigenvalue weighted by atomic mass is 10.2. The molecule has 2 aromatic carbocycles. The van der Waals surface area contributed by atoms with E-state index in [2.05, 4.69) is 30.5 Å². The zero-order valence-corrected chi connectivity index (χ0v) is 18.4. The third kappa shape index (κ3) is 4.36. The molecule has 5 rings (SSSR count). The maximum absolute atomic E-state index is 14.9. The Morgan fingerprint density at radius 2 is 1.82 bits per heavy atom. The second kappa shape index (κ2) is 9.22. The zero-order valence-electron chi connectivity index (χ0n) is 18.4. The van der Waals surface area contributed by atoms with Crippen LogP contribution in [0.4, 0.5) is 30.4 Å². The Bertz CT molecular complexity index is 1300. The van der Waals surface area contributed by atoms with E-state index in [0.717, 1.165) is 43.9 Å². The Balaban J connectivity index is 1.41. The van der Waals surface area contributed by atoms with Gasteiger partial charge in [0.25, 0.3) is 6.43 Å². The first kappa shape index (κ1) is 22.0. The molecular weight excluding hydrogens is 445 g/mol. The lowest BCUT2D eigenvalue weighted by molar-refractivity contribution is 0.147. The van der Waals surface area contributed by atoms with Crippen molar-refractivity contribution in [2.75, 3.05) is 36.4 Å². The van der Waals surface area contributed by atoms with E-state index in [1.807, 2.05) is 12.1 Å². The average Bonchev–Trinajstić information content (AvgIpc) is 3.23. The van der Waals surface area contributed by atoms with E-state index in [4.69, 9.17) is 4.74 Å². The van der Waals surface area contributed by atoms with E-state index in [1.165, 1.54) is 6.07 Å². The van der Waals surface area contributed by atoms with Crippen molar-refractivity contribution in [1.29, 1.82) is 0 Å². The molecule has 0 amide bonds. The van der Waals surface area contributed by atoms with Gasteiger partial charge in [-0.2, -0.15) is 0 Å². The van der Waals surface area contributed by atoms with Gasteiger partial charge in [0, 0.05) is 54.2 Å². The van der Waals surface area contributed by atoms with Crippen molar-refractivity contribution < 1.29 is 17.9 Å². The van der Waals surface area contributed by atoms with Crippen LogP contribution in [0, 0.1) is 12.7 Å². The van der Waals surface area contributed by atoms with Gasteiger partial charge in [-0.15, -0.1) is 0 Å². The van der Waals surface area contributed by atoms with Crippen molar-refractivity contribution in [1.82, 2.24) is 20.3 Å². The molecule has 0 aliphatic carbocycles. The molecular formula is C24H23F3N6O. The number of H-pyrrole nitrogens is 1. The van der Waals surface area contributed by atoms with Crippen molar-refractivity contribution in [3.8, 4) is 11.6 Å². The van der Waals surface area contributed by atoms with E-state index in [1.54, 1.807) is 31.2 Å². The molecule has 10 heteroatoms. The lowest BCUT2D eigenvalue weighted by Crippen LogP contribution is -2.43. The molecule has 0 radical (unpaired) electrons. The van der Waals surface area contributed by atoms with Gasteiger partial charge in [-0.1, -0.05) is 0 Å². The maximum atomic E-state index is 14.9. The van der Waals surface area contributed by atoms with Crippen LogP contribution in [-0.4, -0.2) is 41.1 Å². The molecule has 2 aromatic heterocycles. The topological polar surface area (TPSA) is 78.1 Å². The number of ether oxygens (including phenoxy) is 1. The molecule has 0 atom stereocenters. The molecule has 3 heterocycles. The summed E-state index contributed by atoms with van der Waals surface area (Å²) in [6, 6.07) is 12.1. The highest BCUT2D eigenvalue weighted by atomic mass is 19.3. The van der Waals surface area contributed by atoms with Crippen LogP contribution in [0.15, 0.2) is 48.8 Å². The summed E-state index contributed by atoms with van der Waals surface area (Å²) in [4.78, 5) is 13.1. The van der Waals surface area contributed by atoms with Crippen molar-refractivity contribution in [3.05, 3.63) is 65.9 Å². The van der Waals surface area contributed by atoms with Crippen LogP contribution >= 0.6 is 0 Å². The number of piperazine rings is 1. The van der Waals surface area contributed by atoms with E-state index in [9.17, 15) is 13.2 Å². The van der Waals surface area contributed by atoms with Crippen LogP contribution < -0.4 is 20.3 Å². The molecule has 3 N–H and O–H groups in total. The van der Waals surface area contributed by atoms with Crippen LogP contribution in [0.25, 0.3) is 10.9 Å². The first-order chi connectivity index (χ1) is 16.5. The SMILES string of the molecule is Cc1cc2c(F)c(Oc3ncnc(Nc4ccc(N5CCNCC5)cc4)c3C(F)F)ccc2[nH]1. The highest BCUT2D eigenvalue weighted by Crippen LogP contribution is 2.38. The summed E-state index contributed by atoms with van der Waals surface area (Å²) < 4.78 is 48.6. The zero-order chi connectivity index (χ0) is 23.7. The number of benzene rings is 2. The molecule has 0 saturated carbocycles. The molecule has 1 aliphatic rings. The third-order valence-electron chi connectivity index (χ3n) is 5.72. The van der Waals surface area contributed by atoms with Crippen LogP contribution in [-0.2, 0) is 0 Å². The van der Waals surface area contributed by atoms with Gasteiger partial charge in [-0.3, -0.25) is 0 Å². The Morgan fingerprint density at radius 1 is 1.06 bits per heavy atom. The first-order valence-corrected chi connectivity index (χ1v) is 10.9. The van der Waals surface area contributed by atoms with E-state index in [0.29, 0.717) is 16.6 Å². The Morgan fingerprint density at radius 3 is 2.56 bits per heavy atom. The number of nitrogens with one attached hydrogen (secondary N) is 3.